The van der Waals surface area contributed by atoms with Gasteiger partial charge in [0.25, 0.3) is 0 Å². The molecule has 0 aliphatic heterocycles. The first-order valence-corrected chi connectivity index (χ1v) is 8.62. The Labute approximate surface area is 154 Å². The molecule has 0 radical (unpaired) electrons. The highest BCUT2D eigenvalue weighted by atomic mass is 19.1. The first-order valence-electron chi connectivity index (χ1n) is 8.62. The molecule has 0 spiro atoms. The van der Waals surface area contributed by atoms with E-state index in [0.717, 1.165) is 24.0 Å². The second-order valence-electron chi connectivity index (χ2n) is 6.14. The van der Waals surface area contributed by atoms with Gasteiger partial charge < -0.3 is 18.9 Å². The topological polar surface area (TPSA) is 36.9 Å². The fourth-order valence-electron chi connectivity index (χ4n) is 2.98. The van der Waals surface area contributed by atoms with Gasteiger partial charge in [-0.25, -0.2) is 0 Å². The third-order valence-corrected chi connectivity index (χ3v) is 4.48. The van der Waals surface area contributed by atoms with Crippen molar-refractivity contribution in [2.24, 2.45) is 5.92 Å². The quantitative estimate of drug-likeness (QED) is 0.624. The van der Waals surface area contributed by atoms with Crippen molar-refractivity contribution in [3.8, 4) is 23.0 Å². The van der Waals surface area contributed by atoms with Gasteiger partial charge in [0.2, 0.25) is 0 Å². The standard InChI is InChI=1S/C21H27FO4/c1-23-18-9-7-15(12-20(18)25-3)5-6-17(14-22)11-16-8-10-19(24-2)21(13-16)26-4/h7-10,12-13,17H,5-6,11,14H2,1-4H3. The zero-order valence-corrected chi connectivity index (χ0v) is 15.9. The van der Waals surface area contributed by atoms with Gasteiger partial charge in [0, 0.05) is 0 Å². The molecule has 2 rings (SSSR count). The summed E-state index contributed by atoms with van der Waals surface area (Å²) in [5.41, 5.74) is 2.14. The van der Waals surface area contributed by atoms with Crippen molar-refractivity contribution >= 4 is 0 Å². The molecule has 142 valence electrons. The van der Waals surface area contributed by atoms with Crippen molar-refractivity contribution in [2.45, 2.75) is 19.3 Å². The fourth-order valence-corrected chi connectivity index (χ4v) is 2.98. The number of aryl methyl sites for hydroxylation is 1. The average Bonchev–Trinajstić information content (AvgIpc) is 2.70. The smallest absolute Gasteiger partial charge is 0.160 e. The minimum absolute atomic E-state index is 0.0544. The molecule has 0 aromatic heterocycles. The predicted molar refractivity (Wildman–Crippen MR) is 101 cm³/mol. The van der Waals surface area contributed by atoms with Crippen LogP contribution >= 0.6 is 0 Å². The SMILES string of the molecule is COc1ccc(CCC(CF)Cc2ccc(OC)c(OC)c2)cc1OC. The second kappa shape index (κ2) is 9.90. The molecule has 2 aromatic carbocycles. The number of alkyl halides is 1. The van der Waals surface area contributed by atoms with Crippen LogP contribution in [0.4, 0.5) is 4.39 Å². The molecule has 1 atom stereocenters. The monoisotopic (exact) mass is 362 g/mol. The molecule has 0 N–H and O–H groups in total. The number of halogens is 1. The predicted octanol–water partition coefficient (Wildman–Crippen LogP) is 4.48. The van der Waals surface area contributed by atoms with Gasteiger partial charge in [-0.05, 0) is 60.6 Å². The number of benzene rings is 2. The van der Waals surface area contributed by atoms with E-state index >= 15 is 0 Å². The molecule has 1 unspecified atom stereocenters. The normalized spacial score (nSPS) is 11.7. The summed E-state index contributed by atoms with van der Waals surface area (Å²) in [5.74, 6) is 2.69. The summed E-state index contributed by atoms with van der Waals surface area (Å²) in [6.45, 7) is -0.359. The van der Waals surface area contributed by atoms with E-state index in [4.69, 9.17) is 18.9 Å². The minimum Gasteiger partial charge on any atom is -0.493 e. The third kappa shape index (κ3) is 5.04. The molecule has 0 amide bonds. The Morgan fingerprint density at radius 2 is 1.23 bits per heavy atom. The van der Waals surface area contributed by atoms with Crippen molar-refractivity contribution < 1.29 is 23.3 Å². The molecule has 0 saturated heterocycles. The van der Waals surface area contributed by atoms with Crippen molar-refractivity contribution in [2.75, 3.05) is 35.1 Å². The lowest BCUT2D eigenvalue weighted by Gasteiger charge is -2.16. The summed E-state index contributed by atoms with van der Waals surface area (Å²) in [6, 6.07) is 11.6. The Morgan fingerprint density at radius 1 is 0.731 bits per heavy atom. The number of hydrogen-bond acceptors (Lipinski definition) is 4. The lowest BCUT2D eigenvalue weighted by atomic mass is 9.93. The van der Waals surface area contributed by atoms with Crippen LogP contribution in [0.25, 0.3) is 0 Å². The highest BCUT2D eigenvalue weighted by Gasteiger charge is 2.13. The molecular weight excluding hydrogens is 335 g/mol. The molecule has 0 aliphatic rings. The Morgan fingerprint density at radius 3 is 1.73 bits per heavy atom. The summed E-state index contributed by atoms with van der Waals surface area (Å²) in [4.78, 5) is 0. The van der Waals surface area contributed by atoms with E-state index in [0.29, 0.717) is 29.4 Å². The molecule has 0 saturated carbocycles. The number of hydrogen-bond donors (Lipinski definition) is 0. The van der Waals surface area contributed by atoms with Gasteiger partial charge in [-0.2, -0.15) is 0 Å². The van der Waals surface area contributed by atoms with E-state index in [1.807, 2.05) is 36.4 Å². The Hall–Kier alpha value is -2.43. The maximum atomic E-state index is 13.5. The molecule has 2 aromatic rings. The summed E-state index contributed by atoms with van der Waals surface area (Å²) in [5, 5.41) is 0. The first kappa shape index (κ1) is 19.9. The van der Waals surface area contributed by atoms with Gasteiger partial charge >= 0.3 is 0 Å². The van der Waals surface area contributed by atoms with Crippen LogP contribution in [0.1, 0.15) is 17.5 Å². The molecule has 4 nitrogen and oxygen atoms in total. The molecule has 0 aliphatic carbocycles. The summed E-state index contributed by atoms with van der Waals surface area (Å²) < 4.78 is 34.7. The summed E-state index contributed by atoms with van der Waals surface area (Å²) >= 11 is 0. The van der Waals surface area contributed by atoms with Gasteiger partial charge in [-0.15, -0.1) is 0 Å². The zero-order valence-electron chi connectivity index (χ0n) is 15.9. The van der Waals surface area contributed by atoms with Crippen LogP contribution in [0.2, 0.25) is 0 Å². The van der Waals surface area contributed by atoms with Crippen LogP contribution in [-0.4, -0.2) is 35.1 Å². The second-order valence-corrected chi connectivity index (χ2v) is 6.14. The Bertz CT molecular complexity index is 702. The largest absolute Gasteiger partial charge is 0.493 e. The van der Waals surface area contributed by atoms with Crippen molar-refractivity contribution in [3.05, 3.63) is 47.5 Å². The van der Waals surface area contributed by atoms with Crippen LogP contribution in [0.5, 0.6) is 23.0 Å². The van der Waals surface area contributed by atoms with Crippen LogP contribution in [0.3, 0.4) is 0 Å². The van der Waals surface area contributed by atoms with Crippen LogP contribution in [0, 0.1) is 5.92 Å². The van der Waals surface area contributed by atoms with E-state index in [1.54, 1.807) is 28.4 Å². The van der Waals surface area contributed by atoms with E-state index in [2.05, 4.69) is 0 Å². The third-order valence-electron chi connectivity index (χ3n) is 4.48. The first-order chi connectivity index (χ1) is 12.6. The summed E-state index contributed by atoms with van der Waals surface area (Å²) in [6.07, 6.45) is 2.19. The average molecular weight is 362 g/mol. The molecule has 0 bridgehead atoms. The van der Waals surface area contributed by atoms with Gasteiger partial charge in [-0.1, -0.05) is 12.1 Å². The fraction of sp³-hybridized carbons (Fsp3) is 0.429. The van der Waals surface area contributed by atoms with Gasteiger partial charge in [-0.3, -0.25) is 4.39 Å². The maximum absolute atomic E-state index is 13.5. The van der Waals surface area contributed by atoms with Crippen LogP contribution in [0.15, 0.2) is 36.4 Å². The van der Waals surface area contributed by atoms with Gasteiger partial charge in [0.05, 0.1) is 35.1 Å². The zero-order chi connectivity index (χ0) is 18.9. The maximum Gasteiger partial charge on any atom is 0.160 e. The van der Waals surface area contributed by atoms with Crippen LogP contribution in [-0.2, 0) is 12.8 Å². The van der Waals surface area contributed by atoms with E-state index < -0.39 is 0 Å². The van der Waals surface area contributed by atoms with Crippen molar-refractivity contribution in [3.63, 3.8) is 0 Å². The van der Waals surface area contributed by atoms with Crippen molar-refractivity contribution in [1.29, 1.82) is 0 Å². The van der Waals surface area contributed by atoms with Crippen molar-refractivity contribution in [1.82, 2.24) is 0 Å². The molecular formula is C21H27FO4. The highest BCUT2D eigenvalue weighted by molar-refractivity contribution is 5.44. The molecule has 26 heavy (non-hydrogen) atoms. The number of methoxy groups -OCH3 is 4. The van der Waals surface area contributed by atoms with E-state index in [-0.39, 0.29) is 12.6 Å². The van der Waals surface area contributed by atoms with Crippen LogP contribution < -0.4 is 18.9 Å². The minimum atomic E-state index is -0.359. The van der Waals surface area contributed by atoms with Gasteiger partial charge in [0.15, 0.2) is 23.0 Å². The molecule has 5 heteroatoms. The Balaban J connectivity index is 2.01. The number of rotatable bonds is 10. The van der Waals surface area contributed by atoms with E-state index in [9.17, 15) is 4.39 Å². The van der Waals surface area contributed by atoms with Gasteiger partial charge in [0.1, 0.15) is 0 Å². The lowest BCUT2D eigenvalue weighted by molar-refractivity contribution is 0.338. The number of ether oxygens (including phenoxy) is 4. The molecule has 0 fully saturated rings. The Kier molecular flexibility index (Phi) is 7.57. The summed E-state index contributed by atoms with van der Waals surface area (Å²) in [7, 11) is 6.43. The lowest BCUT2D eigenvalue weighted by Crippen LogP contribution is -2.09. The van der Waals surface area contributed by atoms with E-state index in [1.165, 1.54) is 0 Å². The highest BCUT2D eigenvalue weighted by Crippen LogP contribution is 2.30. The molecule has 0 heterocycles.